The van der Waals surface area contributed by atoms with Crippen molar-refractivity contribution in [3.63, 3.8) is 0 Å². The number of allylic oxidation sites excluding steroid dienone is 1. The third-order valence-electron chi connectivity index (χ3n) is 3.35. The molecule has 0 aliphatic carbocycles. The lowest BCUT2D eigenvalue weighted by Gasteiger charge is -2.05. The van der Waals surface area contributed by atoms with Crippen molar-refractivity contribution >= 4 is 11.0 Å². The Morgan fingerprint density at radius 2 is 2.00 bits per heavy atom. The average Bonchev–Trinajstić information content (AvgIpc) is 2.46. The largest absolute Gasteiger partial charge is 0.339 e. The molecule has 2 aromatic rings. The van der Waals surface area contributed by atoms with Crippen LogP contribution in [0.15, 0.2) is 18.7 Å². The second kappa shape index (κ2) is 3.78. The SMILES string of the molecule is C=CCn1c(C)c(C)c2nc(C)c(C)cc21. The number of pyridine rings is 1. The van der Waals surface area contributed by atoms with Gasteiger partial charge in [0.05, 0.1) is 11.0 Å². The van der Waals surface area contributed by atoms with Gasteiger partial charge in [-0.2, -0.15) is 0 Å². The summed E-state index contributed by atoms with van der Waals surface area (Å²) in [4.78, 5) is 4.68. The maximum atomic E-state index is 4.68. The predicted molar refractivity (Wildman–Crippen MR) is 68.9 cm³/mol. The zero-order chi connectivity index (χ0) is 11.9. The van der Waals surface area contributed by atoms with Gasteiger partial charge in [0, 0.05) is 17.9 Å². The highest BCUT2D eigenvalue weighted by Crippen LogP contribution is 2.25. The molecule has 0 amide bonds. The number of aromatic nitrogens is 2. The Morgan fingerprint density at radius 1 is 1.31 bits per heavy atom. The zero-order valence-electron chi connectivity index (χ0n) is 10.5. The Kier molecular flexibility index (Phi) is 2.58. The van der Waals surface area contributed by atoms with Crippen LogP contribution in [0.25, 0.3) is 11.0 Å². The van der Waals surface area contributed by atoms with Crippen LogP contribution in [0.3, 0.4) is 0 Å². The smallest absolute Gasteiger partial charge is 0.0916 e. The van der Waals surface area contributed by atoms with Gasteiger partial charge in [-0.25, -0.2) is 0 Å². The van der Waals surface area contributed by atoms with E-state index in [9.17, 15) is 0 Å². The van der Waals surface area contributed by atoms with E-state index in [0.29, 0.717) is 0 Å². The molecule has 0 radical (unpaired) electrons. The molecule has 0 fully saturated rings. The monoisotopic (exact) mass is 214 g/mol. The van der Waals surface area contributed by atoms with Crippen molar-refractivity contribution < 1.29 is 0 Å². The van der Waals surface area contributed by atoms with Crippen molar-refractivity contribution in [1.82, 2.24) is 9.55 Å². The number of rotatable bonds is 2. The van der Waals surface area contributed by atoms with E-state index in [0.717, 1.165) is 17.8 Å². The van der Waals surface area contributed by atoms with Gasteiger partial charge in [0.25, 0.3) is 0 Å². The molecule has 16 heavy (non-hydrogen) atoms. The first-order chi connectivity index (χ1) is 7.56. The summed E-state index contributed by atoms with van der Waals surface area (Å²) in [7, 11) is 0. The van der Waals surface area contributed by atoms with Crippen LogP contribution < -0.4 is 0 Å². The zero-order valence-corrected chi connectivity index (χ0v) is 10.5. The number of nitrogens with zero attached hydrogens (tertiary/aromatic N) is 2. The topological polar surface area (TPSA) is 17.8 Å². The van der Waals surface area contributed by atoms with Gasteiger partial charge < -0.3 is 4.57 Å². The van der Waals surface area contributed by atoms with E-state index in [2.05, 4.69) is 49.9 Å². The molecule has 2 rings (SSSR count). The minimum absolute atomic E-state index is 0.848. The van der Waals surface area contributed by atoms with Gasteiger partial charge in [0.1, 0.15) is 0 Å². The molecule has 0 saturated carbocycles. The van der Waals surface area contributed by atoms with E-state index >= 15 is 0 Å². The van der Waals surface area contributed by atoms with Gasteiger partial charge in [0.2, 0.25) is 0 Å². The molecule has 0 aliphatic rings. The van der Waals surface area contributed by atoms with Gasteiger partial charge in [-0.15, -0.1) is 6.58 Å². The lowest BCUT2D eigenvalue weighted by molar-refractivity contribution is 0.824. The molecule has 0 aromatic carbocycles. The van der Waals surface area contributed by atoms with Crippen molar-refractivity contribution in [1.29, 1.82) is 0 Å². The standard InChI is InChI=1S/C14H18N2/c1-6-7-16-12(5)10(3)14-13(16)8-9(2)11(4)15-14/h6,8H,1,7H2,2-5H3. The molecule has 0 spiro atoms. The molecule has 0 unspecified atom stereocenters. The van der Waals surface area contributed by atoms with Crippen molar-refractivity contribution in [3.8, 4) is 0 Å². The molecule has 0 atom stereocenters. The Balaban J connectivity index is 2.85. The lowest BCUT2D eigenvalue weighted by Crippen LogP contribution is -1.98. The van der Waals surface area contributed by atoms with E-state index in [1.165, 1.54) is 22.3 Å². The Labute approximate surface area is 96.6 Å². The van der Waals surface area contributed by atoms with Crippen molar-refractivity contribution in [2.24, 2.45) is 0 Å². The van der Waals surface area contributed by atoms with Gasteiger partial charge in [-0.1, -0.05) is 6.08 Å². The van der Waals surface area contributed by atoms with Crippen LogP contribution in [-0.4, -0.2) is 9.55 Å². The Morgan fingerprint density at radius 3 is 2.62 bits per heavy atom. The van der Waals surface area contributed by atoms with Gasteiger partial charge >= 0.3 is 0 Å². The summed E-state index contributed by atoms with van der Waals surface area (Å²) in [5.41, 5.74) is 7.27. The Bertz CT molecular complexity index is 562. The summed E-state index contributed by atoms with van der Waals surface area (Å²) in [5, 5.41) is 0. The van der Waals surface area contributed by atoms with Crippen LogP contribution in [-0.2, 0) is 6.54 Å². The lowest BCUT2D eigenvalue weighted by atomic mass is 10.2. The fourth-order valence-electron chi connectivity index (χ4n) is 2.09. The molecular formula is C14H18N2. The number of aryl methyl sites for hydroxylation is 3. The molecule has 2 heterocycles. The minimum atomic E-state index is 0.848. The fourth-order valence-corrected chi connectivity index (χ4v) is 2.09. The number of fused-ring (bicyclic) bond motifs is 1. The molecule has 2 nitrogen and oxygen atoms in total. The summed E-state index contributed by atoms with van der Waals surface area (Å²) >= 11 is 0. The maximum Gasteiger partial charge on any atom is 0.0916 e. The van der Waals surface area contributed by atoms with E-state index in [1.807, 2.05) is 6.08 Å². The molecule has 2 heteroatoms. The highest BCUT2D eigenvalue weighted by atomic mass is 15.0. The summed E-state index contributed by atoms with van der Waals surface area (Å²) in [6.07, 6.45) is 1.93. The van der Waals surface area contributed by atoms with Gasteiger partial charge in [-0.3, -0.25) is 4.98 Å². The first-order valence-corrected chi connectivity index (χ1v) is 5.60. The van der Waals surface area contributed by atoms with Crippen LogP contribution in [0.4, 0.5) is 0 Å². The van der Waals surface area contributed by atoms with Crippen LogP contribution in [0.2, 0.25) is 0 Å². The molecule has 0 aliphatic heterocycles. The highest BCUT2D eigenvalue weighted by Gasteiger charge is 2.12. The third-order valence-corrected chi connectivity index (χ3v) is 3.35. The maximum absolute atomic E-state index is 4.68. The van der Waals surface area contributed by atoms with Crippen molar-refractivity contribution in [3.05, 3.63) is 41.2 Å². The highest BCUT2D eigenvalue weighted by molar-refractivity contribution is 5.82. The van der Waals surface area contributed by atoms with Crippen molar-refractivity contribution in [2.75, 3.05) is 0 Å². The Hall–Kier alpha value is -1.57. The molecule has 0 saturated heterocycles. The predicted octanol–water partition coefficient (Wildman–Crippen LogP) is 3.46. The van der Waals surface area contributed by atoms with Crippen LogP contribution >= 0.6 is 0 Å². The van der Waals surface area contributed by atoms with Crippen LogP contribution in [0.1, 0.15) is 22.5 Å². The van der Waals surface area contributed by atoms with Gasteiger partial charge in [0.15, 0.2) is 0 Å². The van der Waals surface area contributed by atoms with Crippen LogP contribution in [0, 0.1) is 27.7 Å². The average molecular weight is 214 g/mol. The van der Waals surface area contributed by atoms with Crippen LogP contribution in [0.5, 0.6) is 0 Å². The summed E-state index contributed by atoms with van der Waals surface area (Å²) in [6.45, 7) is 13.1. The molecule has 84 valence electrons. The minimum Gasteiger partial charge on any atom is -0.339 e. The normalized spacial score (nSPS) is 11.0. The molecular weight excluding hydrogens is 196 g/mol. The second-order valence-electron chi connectivity index (χ2n) is 4.37. The van der Waals surface area contributed by atoms with Crippen molar-refractivity contribution in [2.45, 2.75) is 34.2 Å². The number of hydrogen-bond donors (Lipinski definition) is 0. The second-order valence-corrected chi connectivity index (χ2v) is 4.37. The summed E-state index contributed by atoms with van der Waals surface area (Å²) in [5.74, 6) is 0. The van der Waals surface area contributed by atoms with E-state index in [4.69, 9.17) is 0 Å². The van der Waals surface area contributed by atoms with E-state index in [1.54, 1.807) is 0 Å². The van der Waals surface area contributed by atoms with E-state index < -0.39 is 0 Å². The first-order valence-electron chi connectivity index (χ1n) is 5.60. The molecule has 0 N–H and O–H groups in total. The van der Waals surface area contributed by atoms with Gasteiger partial charge in [-0.05, 0) is 44.9 Å². The fraction of sp³-hybridized carbons (Fsp3) is 0.357. The van der Waals surface area contributed by atoms with E-state index in [-0.39, 0.29) is 0 Å². The first kappa shape index (κ1) is 10.9. The number of hydrogen-bond acceptors (Lipinski definition) is 1. The quantitative estimate of drug-likeness (QED) is 0.700. The summed E-state index contributed by atoms with van der Waals surface area (Å²) < 4.78 is 2.27. The molecule has 0 bridgehead atoms. The third kappa shape index (κ3) is 1.45. The molecule has 2 aromatic heterocycles. The summed E-state index contributed by atoms with van der Waals surface area (Å²) in [6, 6.07) is 2.22.